The highest BCUT2D eigenvalue weighted by Gasteiger charge is 2.45. The van der Waals surface area contributed by atoms with Crippen LogP contribution in [0.15, 0.2) is 46.1 Å². The highest BCUT2D eigenvalue weighted by Crippen LogP contribution is 2.42. The van der Waals surface area contributed by atoms with Crippen molar-refractivity contribution >= 4 is 28.6 Å². The van der Waals surface area contributed by atoms with E-state index in [9.17, 15) is 4.79 Å². The predicted molar refractivity (Wildman–Crippen MR) is 136 cm³/mol. The molecular formula is C26H37IO5. The molecule has 0 N–H and O–H groups in total. The largest absolute Gasteiger partial charge is 0.497 e. The van der Waals surface area contributed by atoms with E-state index in [0.29, 0.717) is 12.3 Å². The van der Waals surface area contributed by atoms with Gasteiger partial charge >= 0.3 is 5.97 Å². The molecule has 5 atom stereocenters. The maximum atomic E-state index is 11.9. The third kappa shape index (κ3) is 7.06. The van der Waals surface area contributed by atoms with Gasteiger partial charge in [0.25, 0.3) is 0 Å². The first kappa shape index (κ1) is 26.9. The number of esters is 1. The van der Waals surface area contributed by atoms with Crippen LogP contribution in [0.3, 0.4) is 0 Å². The fraction of sp³-hybridized carbons (Fsp3) is 0.577. The van der Waals surface area contributed by atoms with Crippen LogP contribution in [0.5, 0.6) is 5.75 Å². The Morgan fingerprint density at radius 3 is 2.44 bits per heavy atom. The average Bonchev–Trinajstić information content (AvgIpc) is 3.10. The van der Waals surface area contributed by atoms with Crippen LogP contribution in [0, 0.1) is 11.8 Å². The summed E-state index contributed by atoms with van der Waals surface area (Å²) in [5.74, 6) is 1.06. The molecular weight excluding hydrogens is 519 g/mol. The SMILES string of the molecule is CCC(=O)O[C@H](/C(C)=C/I)[C@@H](C)/C=C/[C@@H]1OC(c2ccc(OC)cc2)O[C@]1(C)CC(C)C. The Morgan fingerprint density at radius 1 is 1.25 bits per heavy atom. The van der Waals surface area contributed by atoms with E-state index in [1.54, 1.807) is 7.11 Å². The number of hydrogen-bond acceptors (Lipinski definition) is 5. The van der Waals surface area contributed by atoms with Gasteiger partial charge in [0.2, 0.25) is 0 Å². The quantitative estimate of drug-likeness (QED) is 0.181. The number of benzene rings is 1. The molecule has 0 saturated carbocycles. The Balaban J connectivity index is 2.24. The molecule has 1 heterocycles. The van der Waals surface area contributed by atoms with E-state index in [1.807, 2.05) is 42.2 Å². The summed E-state index contributed by atoms with van der Waals surface area (Å²) < 4.78 is 25.8. The van der Waals surface area contributed by atoms with Crippen molar-refractivity contribution in [1.29, 1.82) is 0 Å². The van der Waals surface area contributed by atoms with Crippen LogP contribution in [0.1, 0.15) is 66.2 Å². The van der Waals surface area contributed by atoms with E-state index in [1.165, 1.54) is 0 Å². The summed E-state index contributed by atoms with van der Waals surface area (Å²) in [7, 11) is 1.65. The van der Waals surface area contributed by atoms with Gasteiger partial charge in [-0.2, -0.15) is 0 Å². The van der Waals surface area contributed by atoms with Crippen LogP contribution in [-0.2, 0) is 19.0 Å². The Labute approximate surface area is 206 Å². The molecule has 2 rings (SSSR count). The van der Waals surface area contributed by atoms with Gasteiger partial charge in [0.1, 0.15) is 18.0 Å². The van der Waals surface area contributed by atoms with Crippen molar-refractivity contribution in [3.05, 3.63) is 51.6 Å². The molecule has 0 bridgehead atoms. The molecule has 0 radical (unpaired) electrons. The maximum Gasteiger partial charge on any atom is 0.306 e. The summed E-state index contributed by atoms with van der Waals surface area (Å²) >= 11 is 2.19. The predicted octanol–water partition coefficient (Wildman–Crippen LogP) is 6.77. The zero-order chi connectivity index (χ0) is 23.9. The van der Waals surface area contributed by atoms with Crippen molar-refractivity contribution in [3.8, 4) is 5.75 Å². The molecule has 1 unspecified atom stereocenters. The number of ether oxygens (including phenoxy) is 4. The number of rotatable bonds is 10. The fourth-order valence-corrected chi connectivity index (χ4v) is 4.38. The summed E-state index contributed by atoms with van der Waals surface area (Å²) in [5.41, 5.74) is 1.52. The molecule has 1 aliphatic rings. The van der Waals surface area contributed by atoms with E-state index in [-0.39, 0.29) is 24.1 Å². The monoisotopic (exact) mass is 556 g/mol. The van der Waals surface area contributed by atoms with Gasteiger partial charge in [0.05, 0.1) is 12.7 Å². The van der Waals surface area contributed by atoms with Gasteiger partial charge in [-0.25, -0.2) is 0 Å². The second-order valence-electron chi connectivity index (χ2n) is 9.05. The molecule has 1 saturated heterocycles. The second-order valence-corrected chi connectivity index (χ2v) is 9.67. The van der Waals surface area contributed by atoms with E-state index < -0.39 is 11.9 Å². The highest BCUT2D eigenvalue weighted by atomic mass is 127. The molecule has 5 nitrogen and oxygen atoms in total. The van der Waals surface area contributed by atoms with Gasteiger partial charge in [0, 0.05) is 17.9 Å². The van der Waals surface area contributed by atoms with Crippen molar-refractivity contribution in [1.82, 2.24) is 0 Å². The lowest BCUT2D eigenvalue weighted by molar-refractivity contribution is -0.148. The summed E-state index contributed by atoms with van der Waals surface area (Å²) in [4.78, 5) is 11.9. The van der Waals surface area contributed by atoms with Gasteiger partial charge < -0.3 is 18.9 Å². The normalized spacial score (nSPS) is 25.8. The van der Waals surface area contributed by atoms with Crippen LogP contribution in [0.25, 0.3) is 0 Å². The van der Waals surface area contributed by atoms with E-state index >= 15 is 0 Å². The third-order valence-corrected chi connectivity index (χ3v) is 6.67. The van der Waals surface area contributed by atoms with E-state index in [0.717, 1.165) is 23.3 Å². The molecule has 0 aromatic heterocycles. The first-order valence-corrected chi connectivity index (χ1v) is 12.5. The Morgan fingerprint density at radius 2 is 1.91 bits per heavy atom. The molecule has 1 aromatic rings. The van der Waals surface area contributed by atoms with Crippen LogP contribution < -0.4 is 4.74 Å². The molecule has 32 heavy (non-hydrogen) atoms. The van der Waals surface area contributed by atoms with Gasteiger partial charge in [-0.05, 0) is 48.0 Å². The standard InChI is InChI=1S/C26H37IO5/c1-8-23(28)31-24(19(5)16-27)18(4)9-14-22-26(6,15-17(2)3)32-25(30-22)20-10-12-21(29-7)13-11-20/h9-14,16-18,22,24-25H,8,15H2,1-7H3/b14-9+,19-16+/t18-,22-,24-,25?,26+/m0/s1. The van der Waals surface area contributed by atoms with E-state index in [2.05, 4.69) is 62.4 Å². The van der Waals surface area contributed by atoms with Crippen LogP contribution in [0.2, 0.25) is 0 Å². The smallest absolute Gasteiger partial charge is 0.306 e. The number of methoxy groups -OCH3 is 1. The Hall–Kier alpha value is -1.38. The summed E-state index contributed by atoms with van der Waals surface area (Å²) in [6, 6.07) is 7.78. The van der Waals surface area contributed by atoms with Crippen molar-refractivity contribution < 1.29 is 23.7 Å². The Bertz CT molecular complexity index is 801. The van der Waals surface area contributed by atoms with Gasteiger partial charge in [-0.15, -0.1) is 0 Å². The molecule has 178 valence electrons. The minimum atomic E-state index is -0.460. The first-order chi connectivity index (χ1) is 15.1. The molecule has 0 spiro atoms. The first-order valence-electron chi connectivity index (χ1n) is 11.2. The van der Waals surface area contributed by atoms with Gasteiger partial charge in [-0.1, -0.05) is 74.6 Å². The highest BCUT2D eigenvalue weighted by molar-refractivity contribution is 14.1. The van der Waals surface area contributed by atoms with Crippen molar-refractivity contribution in [2.45, 2.75) is 78.5 Å². The molecule has 0 amide bonds. The lowest BCUT2D eigenvalue weighted by atomic mass is 9.88. The topological polar surface area (TPSA) is 54.0 Å². The van der Waals surface area contributed by atoms with Gasteiger partial charge in [0.15, 0.2) is 6.29 Å². The lowest BCUT2D eigenvalue weighted by Gasteiger charge is -2.29. The third-order valence-electron chi connectivity index (χ3n) is 5.68. The average molecular weight is 556 g/mol. The second kappa shape index (κ2) is 12.2. The summed E-state index contributed by atoms with van der Waals surface area (Å²) in [6.45, 7) is 12.3. The molecule has 1 aliphatic heterocycles. The Kier molecular flexibility index (Phi) is 10.2. The minimum Gasteiger partial charge on any atom is -0.497 e. The fourth-order valence-electron chi connectivity index (χ4n) is 4.03. The maximum absolute atomic E-state index is 11.9. The van der Waals surface area contributed by atoms with Crippen LogP contribution in [0.4, 0.5) is 0 Å². The van der Waals surface area contributed by atoms with Crippen LogP contribution >= 0.6 is 22.6 Å². The van der Waals surface area contributed by atoms with Gasteiger partial charge in [-0.3, -0.25) is 4.79 Å². The molecule has 1 fully saturated rings. The lowest BCUT2D eigenvalue weighted by Crippen LogP contribution is -2.37. The van der Waals surface area contributed by atoms with Crippen molar-refractivity contribution in [2.24, 2.45) is 11.8 Å². The zero-order valence-electron chi connectivity index (χ0n) is 20.3. The number of carbonyl (C=O) groups excluding carboxylic acids is 1. The zero-order valence-corrected chi connectivity index (χ0v) is 22.4. The number of hydrogen-bond donors (Lipinski definition) is 0. The van der Waals surface area contributed by atoms with E-state index in [4.69, 9.17) is 18.9 Å². The number of carbonyl (C=O) groups is 1. The number of halogens is 1. The minimum absolute atomic E-state index is 0.00320. The summed E-state index contributed by atoms with van der Waals surface area (Å²) in [5, 5.41) is 0. The van der Waals surface area contributed by atoms with Crippen molar-refractivity contribution in [2.75, 3.05) is 7.11 Å². The molecule has 0 aliphatic carbocycles. The molecule has 1 aromatic carbocycles. The van der Waals surface area contributed by atoms with Crippen LogP contribution in [-0.4, -0.2) is 30.9 Å². The summed E-state index contributed by atoms with van der Waals surface area (Å²) in [6.07, 6.45) is 4.42. The van der Waals surface area contributed by atoms with Crippen molar-refractivity contribution in [3.63, 3.8) is 0 Å². The molecule has 6 heteroatoms.